The molecule has 1 heterocycles. The monoisotopic (exact) mass is 404 g/mol. The van der Waals surface area contributed by atoms with E-state index in [-0.39, 0.29) is 5.69 Å². The van der Waals surface area contributed by atoms with Gasteiger partial charge in [-0.3, -0.25) is 4.72 Å². The van der Waals surface area contributed by atoms with Gasteiger partial charge in [-0.25, -0.2) is 18.2 Å². The molecule has 144 valence electrons. The van der Waals surface area contributed by atoms with Gasteiger partial charge in [0.15, 0.2) is 0 Å². The number of hydrogen-bond donors (Lipinski definition) is 2. The fourth-order valence-electron chi connectivity index (χ4n) is 2.33. The van der Waals surface area contributed by atoms with E-state index in [0.717, 1.165) is 11.0 Å². The van der Waals surface area contributed by atoms with Crippen molar-refractivity contribution in [3.05, 3.63) is 101 Å². The Hall–Kier alpha value is -3.89. The second-order valence-corrected chi connectivity index (χ2v) is 7.46. The highest BCUT2D eigenvalue weighted by Crippen LogP contribution is 2.17. The van der Waals surface area contributed by atoms with Crippen LogP contribution in [0.2, 0.25) is 0 Å². The van der Waals surface area contributed by atoms with E-state index in [1.165, 1.54) is 18.3 Å². The van der Waals surface area contributed by atoms with Crippen molar-refractivity contribution in [3.63, 3.8) is 0 Å². The van der Waals surface area contributed by atoms with Crippen LogP contribution in [0.4, 0.5) is 5.69 Å². The number of pyridine rings is 1. The molecule has 0 aliphatic heterocycles. The maximum Gasteiger partial charge on any atom is 0.354 e. The normalized spacial score (nSPS) is 10.9. The molecule has 0 fully saturated rings. The highest BCUT2D eigenvalue weighted by Gasteiger charge is 2.08. The van der Waals surface area contributed by atoms with Crippen LogP contribution >= 0.6 is 0 Å². The predicted molar refractivity (Wildman–Crippen MR) is 112 cm³/mol. The van der Waals surface area contributed by atoms with Gasteiger partial charge in [0.25, 0.3) is 10.0 Å². The number of hydrogen-bond acceptors (Lipinski definition) is 4. The first-order chi connectivity index (χ1) is 13.9. The van der Waals surface area contributed by atoms with Crippen molar-refractivity contribution in [2.75, 3.05) is 4.72 Å². The van der Waals surface area contributed by atoms with E-state index in [0.29, 0.717) is 16.8 Å². The average Bonchev–Trinajstić information content (AvgIpc) is 2.72. The van der Waals surface area contributed by atoms with Gasteiger partial charge < -0.3 is 5.11 Å². The van der Waals surface area contributed by atoms with Crippen LogP contribution in [0, 0.1) is 11.8 Å². The molecule has 2 N–H and O–H groups in total. The molecule has 0 atom stereocenters. The smallest absolute Gasteiger partial charge is 0.354 e. The van der Waals surface area contributed by atoms with Gasteiger partial charge in [0.05, 0.1) is 11.1 Å². The Labute approximate surface area is 168 Å². The van der Waals surface area contributed by atoms with Gasteiger partial charge in [0.2, 0.25) is 0 Å². The maximum atomic E-state index is 12.4. The SMILES string of the molecule is O=C(O)c1ccc(C#Cc2ccccc2NS(=O)(=O)/C=C/c2ccccc2)cn1. The highest BCUT2D eigenvalue weighted by molar-refractivity contribution is 7.95. The third-order valence-electron chi connectivity index (χ3n) is 3.74. The molecule has 0 saturated heterocycles. The Morgan fingerprint density at radius 3 is 2.38 bits per heavy atom. The molecule has 6 nitrogen and oxygen atoms in total. The van der Waals surface area contributed by atoms with E-state index in [9.17, 15) is 13.2 Å². The largest absolute Gasteiger partial charge is 0.477 e. The summed E-state index contributed by atoms with van der Waals surface area (Å²) in [6.07, 6.45) is 2.86. The summed E-state index contributed by atoms with van der Waals surface area (Å²) in [5.41, 5.74) is 2.02. The Balaban J connectivity index is 1.80. The Morgan fingerprint density at radius 1 is 0.966 bits per heavy atom. The van der Waals surface area contributed by atoms with Crippen molar-refractivity contribution in [1.82, 2.24) is 4.98 Å². The molecule has 0 unspecified atom stereocenters. The van der Waals surface area contributed by atoms with E-state index in [2.05, 4.69) is 21.5 Å². The fraction of sp³-hybridized carbons (Fsp3) is 0. The summed E-state index contributed by atoms with van der Waals surface area (Å²) >= 11 is 0. The zero-order valence-corrected chi connectivity index (χ0v) is 15.9. The first kappa shape index (κ1) is 19.9. The van der Waals surface area contributed by atoms with Gasteiger partial charge >= 0.3 is 5.97 Å². The summed E-state index contributed by atoms with van der Waals surface area (Å²) in [6.45, 7) is 0. The number of sulfonamides is 1. The van der Waals surface area contributed by atoms with Crippen LogP contribution < -0.4 is 4.72 Å². The molecule has 7 heteroatoms. The summed E-state index contributed by atoms with van der Waals surface area (Å²) in [5, 5.41) is 9.97. The first-order valence-corrected chi connectivity index (χ1v) is 10.0. The van der Waals surface area contributed by atoms with Crippen LogP contribution in [0.15, 0.2) is 78.3 Å². The molecule has 0 radical (unpaired) electrons. The van der Waals surface area contributed by atoms with Gasteiger partial charge in [-0.2, -0.15) is 0 Å². The lowest BCUT2D eigenvalue weighted by Crippen LogP contribution is -2.10. The minimum atomic E-state index is -3.73. The molecule has 3 aromatic rings. The number of carboxylic acid groups (broad SMARTS) is 1. The maximum absolute atomic E-state index is 12.4. The zero-order valence-electron chi connectivity index (χ0n) is 15.1. The molecule has 0 amide bonds. The van der Waals surface area contributed by atoms with Crippen molar-refractivity contribution in [3.8, 4) is 11.8 Å². The lowest BCUT2D eigenvalue weighted by atomic mass is 10.1. The molecule has 0 aliphatic rings. The molecule has 3 rings (SSSR count). The zero-order chi connectivity index (χ0) is 20.7. The number of carboxylic acids is 1. The molecule has 2 aromatic carbocycles. The predicted octanol–water partition coefficient (Wildman–Crippen LogP) is 3.59. The van der Waals surface area contributed by atoms with Crippen LogP contribution in [-0.4, -0.2) is 24.5 Å². The number of carbonyl (C=O) groups is 1. The summed E-state index contributed by atoms with van der Waals surface area (Å²) in [7, 11) is -3.73. The number of anilines is 1. The number of nitrogens with zero attached hydrogens (tertiary/aromatic N) is 1. The summed E-state index contributed by atoms with van der Waals surface area (Å²) in [6, 6.07) is 18.7. The van der Waals surface area contributed by atoms with Gasteiger partial charge in [0, 0.05) is 17.3 Å². The molecule has 29 heavy (non-hydrogen) atoms. The minimum Gasteiger partial charge on any atom is -0.477 e. The number of para-hydroxylation sites is 1. The van der Waals surface area contributed by atoms with E-state index < -0.39 is 16.0 Å². The van der Waals surface area contributed by atoms with Crippen LogP contribution in [-0.2, 0) is 10.0 Å². The summed E-state index contributed by atoms with van der Waals surface area (Å²) in [4.78, 5) is 14.6. The van der Waals surface area contributed by atoms with Crippen LogP contribution in [0.1, 0.15) is 27.2 Å². The molecule has 0 aliphatic carbocycles. The number of benzene rings is 2. The van der Waals surface area contributed by atoms with Gasteiger partial charge in [-0.05, 0) is 35.9 Å². The van der Waals surface area contributed by atoms with Crippen LogP contribution in [0.5, 0.6) is 0 Å². The summed E-state index contributed by atoms with van der Waals surface area (Å²) < 4.78 is 27.3. The molecular weight excluding hydrogens is 388 g/mol. The minimum absolute atomic E-state index is 0.0751. The first-order valence-electron chi connectivity index (χ1n) is 8.49. The average molecular weight is 404 g/mol. The van der Waals surface area contributed by atoms with Crippen LogP contribution in [0.3, 0.4) is 0 Å². The molecule has 1 aromatic heterocycles. The van der Waals surface area contributed by atoms with Crippen molar-refractivity contribution in [2.45, 2.75) is 0 Å². The fourth-order valence-corrected chi connectivity index (χ4v) is 3.22. The topological polar surface area (TPSA) is 96.4 Å². The molecule has 0 saturated carbocycles. The van der Waals surface area contributed by atoms with Gasteiger partial charge in [0.1, 0.15) is 5.69 Å². The standard InChI is InChI=1S/C22H16N2O4S/c25-22(26)21-13-11-18(16-23-21)10-12-19-8-4-5-9-20(19)24-29(27,28)15-14-17-6-2-1-3-7-17/h1-9,11,13-16,24H,(H,25,26)/b15-14+. The van der Waals surface area contributed by atoms with E-state index in [4.69, 9.17) is 5.11 Å². The summed E-state index contributed by atoms with van der Waals surface area (Å²) in [5.74, 6) is 4.62. The van der Waals surface area contributed by atoms with E-state index >= 15 is 0 Å². The third kappa shape index (κ3) is 5.79. The number of rotatable bonds is 5. The van der Waals surface area contributed by atoms with Crippen molar-refractivity contribution in [2.24, 2.45) is 0 Å². The quantitative estimate of drug-likeness (QED) is 0.634. The Kier molecular flexibility index (Phi) is 6.07. The number of nitrogens with one attached hydrogen (secondary N) is 1. The van der Waals surface area contributed by atoms with Gasteiger partial charge in [-0.1, -0.05) is 54.3 Å². The number of aromatic carboxylic acids is 1. The lowest BCUT2D eigenvalue weighted by molar-refractivity contribution is 0.0690. The second kappa shape index (κ2) is 8.87. The van der Waals surface area contributed by atoms with E-state index in [1.54, 1.807) is 42.5 Å². The van der Waals surface area contributed by atoms with Crippen molar-refractivity contribution in [1.29, 1.82) is 0 Å². The lowest BCUT2D eigenvalue weighted by Gasteiger charge is -2.06. The molecular formula is C22H16N2O4S. The number of aromatic nitrogens is 1. The molecule has 0 spiro atoms. The van der Waals surface area contributed by atoms with E-state index in [1.807, 2.05) is 18.2 Å². The Morgan fingerprint density at radius 2 is 1.69 bits per heavy atom. The van der Waals surface area contributed by atoms with Crippen molar-refractivity contribution >= 4 is 27.8 Å². The molecule has 0 bridgehead atoms. The third-order valence-corrected chi connectivity index (χ3v) is 4.74. The van der Waals surface area contributed by atoms with Crippen molar-refractivity contribution < 1.29 is 18.3 Å². The Bertz CT molecular complexity index is 1210. The van der Waals surface area contributed by atoms with Crippen LogP contribution in [0.25, 0.3) is 6.08 Å². The van der Waals surface area contributed by atoms with Gasteiger partial charge in [-0.15, -0.1) is 0 Å². The highest BCUT2D eigenvalue weighted by atomic mass is 32.2. The second-order valence-electron chi connectivity index (χ2n) is 5.89.